The third-order valence-corrected chi connectivity index (χ3v) is 4.05. The molecule has 0 amide bonds. The number of hydrogen-bond acceptors (Lipinski definition) is 8. The first-order valence-corrected chi connectivity index (χ1v) is 7.41. The number of aliphatic hydroxyl groups is 3. The van der Waals surface area contributed by atoms with Crippen molar-refractivity contribution < 1.29 is 20.1 Å². The summed E-state index contributed by atoms with van der Waals surface area (Å²) >= 11 is 1.52. The van der Waals surface area contributed by atoms with E-state index in [1.165, 1.54) is 11.8 Å². The Kier molecular flexibility index (Phi) is 3.69. The van der Waals surface area contributed by atoms with E-state index in [2.05, 4.69) is 10.1 Å². The van der Waals surface area contributed by atoms with Gasteiger partial charge in [0.1, 0.15) is 29.7 Å². The fourth-order valence-corrected chi connectivity index (χ4v) is 2.73. The number of fused-ring (bicyclic) bond motifs is 1. The zero-order chi connectivity index (χ0) is 14.3. The van der Waals surface area contributed by atoms with Crippen LogP contribution in [0.25, 0.3) is 0 Å². The second kappa shape index (κ2) is 5.34. The van der Waals surface area contributed by atoms with Crippen molar-refractivity contribution in [3.05, 3.63) is 12.0 Å². The van der Waals surface area contributed by atoms with E-state index < -0.39 is 24.5 Å². The molecule has 2 aliphatic heterocycles. The minimum Gasteiger partial charge on any atom is -0.394 e. The summed E-state index contributed by atoms with van der Waals surface area (Å²) in [5, 5.41) is 33.9. The summed E-state index contributed by atoms with van der Waals surface area (Å²) < 4.78 is 7.14. The Hall–Kier alpha value is -1.13. The Bertz CT molecular complexity index is 523. The molecule has 0 unspecified atom stereocenters. The fourth-order valence-electron chi connectivity index (χ4n) is 2.33. The molecule has 110 valence electrons. The van der Waals surface area contributed by atoms with Gasteiger partial charge in [-0.05, 0) is 6.26 Å². The van der Waals surface area contributed by atoms with Crippen LogP contribution in [0.2, 0.25) is 0 Å². The highest BCUT2D eigenvalue weighted by Gasteiger charge is 2.45. The second-order valence-electron chi connectivity index (χ2n) is 4.68. The van der Waals surface area contributed by atoms with E-state index >= 15 is 0 Å². The van der Waals surface area contributed by atoms with E-state index in [0.717, 1.165) is 10.9 Å². The van der Waals surface area contributed by atoms with Crippen LogP contribution in [0.4, 0.5) is 0 Å². The Labute approximate surface area is 119 Å². The van der Waals surface area contributed by atoms with E-state index in [-0.39, 0.29) is 6.61 Å². The zero-order valence-corrected chi connectivity index (χ0v) is 11.6. The number of rotatable bonds is 3. The summed E-state index contributed by atoms with van der Waals surface area (Å²) in [5.41, 5.74) is 0. The molecule has 0 aliphatic carbocycles. The smallest absolute Gasteiger partial charge is 0.160 e. The minimum absolute atomic E-state index is 0.342. The third kappa shape index (κ3) is 2.21. The van der Waals surface area contributed by atoms with Crippen molar-refractivity contribution >= 4 is 18.1 Å². The molecule has 4 atom stereocenters. The molecule has 1 aromatic heterocycles. The van der Waals surface area contributed by atoms with Gasteiger partial charge >= 0.3 is 0 Å². The fraction of sp³-hybridized carbons (Fsp3) is 0.636. The standard InChI is InChI=1S/C11H16N4O4S/c1-20-8-3-15-7(13-8)2-14(5-12-15)11-10(18)9(17)6(4-16)19-11/h3,5-6,9-11,16-18H,2,4H2,1H3/t6-,9-,10-,11-/m1/s1. The number of aromatic nitrogens is 2. The zero-order valence-electron chi connectivity index (χ0n) is 10.8. The largest absolute Gasteiger partial charge is 0.394 e. The maximum absolute atomic E-state index is 9.99. The highest BCUT2D eigenvalue weighted by atomic mass is 32.2. The van der Waals surface area contributed by atoms with Crippen molar-refractivity contribution in [1.82, 2.24) is 14.6 Å². The average molecular weight is 300 g/mol. The lowest BCUT2D eigenvalue weighted by atomic mass is 10.1. The summed E-state index contributed by atoms with van der Waals surface area (Å²) in [4.78, 5) is 6.06. The molecule has 1 saturated heterocycles. The molecule has 20 heavy (non-hydrogen) atoms. The number of hydrogen-bond donors (Lipinski definition) is 3. The Morgan fingerprint density at radius 3 is 2.90 bits per heavy atom. The van der Waals surface area contributed by atoms with E-state index in [0.29, 0.717) is 6.54 Å². The molecule has 0 saturated carbocycles. The molecule has 1 aromatic rings. The van der Waals surface area contributed by atoms with Crippen molar-refractivity contribution in [2.45, 2.75) is 36.1 Å². The van der Waals surface area contributed by atoms with Crippen LogP contribution in [0.1, 0.15) is 5.82 Å². The molecule has 3 heterocycles. The Balaban J connectivity index is 1.77. The summed E-state index contributed by atoms with van der Waals surface area (Å²) in [6.07, 6.45) is 1.56. The van der Waals surface area contributed by atoms with Gasteiger partial charge in [0.15, 0.2) is 12.1 Å². The van der Waals surface area contributed by atoms with Gasteiger partial charge < -0.3 is 25.0 Å². The lowest BCUT2D eigenvalue weighted by molar-refractivity contribution is -0.0741. The van der Waals surface area contributed by atoms with Crippen LogP contribution in [0.5, 0.6) is 0 Å². The van der Waals surface area contributed by atoms with E-state index in [9.17, 15) is 10.2 Å². The quantitative estimate of drug-likeness (QED) is 0.593. The summed E-state index contributed by atoms with van der Waals surface area (Å²) in [5.74, 6) is 0.731. The Morgan fingerprint density at radius 2 is 2.25 bits per heavy atom. The molecule has 9 heteroatoms. The van der Waals surface area contributed by atoms with Gasteiger partial charge in [-0.2, -0.15) is 5.10 Å². The minimum atomic E-state index is -1.11. The SMILES string of the molecule is CSc1cn2c(n1)CN([C@@H]1O[C@H](CO)[C@@H](O)[C@H]1O)C=N2. The first kappa shape index (κ1) is 13.8. The van der Waals surface area contributed by atoms with Crippen LogP contribution in [0.15, 0.2) is 16.3 Å². The van der Waals surface area contributed by atoms with Crippen molar-refractivity contribution in [2.24, 2.45) is 5.10 Å². The Morgan fingerprint density at radius 1 is 1.45 bits per heavy atom. The topological polar surface area (TPSA) is 103 Å². The first-order chi connectivity index (χ1) is 9.63. The van der Waals surface area contributed by atoms with E-state index in [1.54, 1.807) is 15.9 Å². The van der Waals surface area contributed by atoms with Crippen LogP contribution >= 0.6 is 11.8 Å². The third-order valence-electron chi connectivity index (χ3n) is 3.44. The highest BCUT2D eigenvalue weighted by molar-refractivity contribution is 7.98. The van der Waals surface area contributed by atoms with Gasteiger partial charge in [0.25, 0.3) is 0 Å². The van der Waals surface area contributed by atoms with Crippen molar-refractivity contribution in [1.29, 1.82) is 0 Å². The van der Waals surface area contributed by atoms with Gasteiger partial charge in [0.2, 0.25) is 0 Å². The van der Waals surface area contributed by atoms with Gasteiger partial charge in [-0.25, -0.2) is 9.66 Å². The van der Waals surface area contributed by atoms with Gasteiger partial charge in [-0.3, -0.25) is 0 Å². The lowest BCUT2D eigenvalue weighted by Gasteiger charge is -2.29. The predicted molar refractivity (Wildman–Crippen MR) is 71.2 cm³/mol. The molecule has 0 spiro atoms. The molecule has 3 N–H and O–H groups in total. The van der Waals surface area contributed by atoms with Crippen molar-refractivity contribution in [3.63, 3.8) is 0 Å². The van der Waals surface area contributed by atoms with Crippen LogP contribution in [0.3, 0.4) is 0 Å². The van der Waals surface area contributed by atoms with Crippen molar-refractivity contribution in [2.75, 3.05) is 12.9 Å². The molecule has 8 nitrogen and oxygen atoms in total. The molecule has 1 fully saturated rings. The van der Waals surface area contributed by atoms with Gasteiger partial charge in [0, 0.05) is 0 Å². The molecular weight excluding hydrogens is 284 g/mol. The van der Waals surface area contributed by atoms with Gasteiger partial charge in [-0.15, -0.1) is 11.8 Å². The number of imidazole rings is 1. The summed E-state index contributed by atoms with van der Waals surface area (Å²) in [6.45, 7) is 0.0710. The molecule has 0 aromatic carbocycles. The van der Waals surface area contributed by atoms with Crippen LogP contribution < -0.4 is 0 Å². The normalized spacial score (nSPS) is 32.7. The predicted octanol–water partition coefficient (Wildman–Crippen LogP) is -1.35. The summed E-state index contributed by atoms with van der Waals surface area (Å²) in [7, 11) is 0. The highest BCUT2D eigenvalue weighted by Crippen LogP contribution is 2.26. The molecular formula is C11H16N4O4S. The number of ether oxygens (including phenoxy) is 1. The average Bonchev–Trinajstić information content (AvgIpc) is 3.00. The van der Waals surface area contributed by atoms with Crippen molar-refractivity contribution in [3.8, 4) is 0 Å². The number of aliphatic hydroxyl groups excluding tert-OH is 3. The second-order valence-corrected chi connectivity index (χ2v) is 5.50. The summed E-state index contributed by atoms with van der Waals surface area (Å²) in [6, 6.07) is 0. The van der Waals surface area contributed by atoms with Gasteiger partial charge in [-0.1, -0.05) is 0 Å². The van der Waals surface area contributed by atoms with Crippen LogP contribution in [0, 0.1) is 0 Å². The molecule has 0 radical (unpaired) electrons. The number of thioether (sulfide) groups is 1. The monoisotopic (exact) mass is 300 g/mol. The van der Waals surface area contributed by atoms with Crippen LogP contribution in [-0.4, -0.2) is 73.6 Å². The van der Waals surface area contributed by atoms with Crippen LogP contribution in [-0.2, 0) is 11.3 Å². The lowest BCUT2D eigenvalue weighted by Crippen LogP contribution is -2.44. The molecule has 3 rings (SSSR count). The molecule has 2 aliphatic rings. The first-order valence-electron chi connectivity index (χ1n) is 6.19. The molecule has 0 bridgehead atoms. The van der Waals surface area contributed by atoms with Gasteiger partial charge in [0.05, 0.1) is 19.3 Å². The van der Waals surface area contributed by atoms with E-state index in [4.69, 9.17) is 9.84 Å². The number of nitrogens with zero attached hydrogens (tertiary/aromatic N) is 4. The maximum Gasteiger partial charge on any atom is 0.160 e. The maximum atomic E-state index is 9.99. The van der Waals surface area contributed by atoms with E-state index in [1.807, 2.05) is 12.5 Å².